The van der Waals surface area contributed by atoms with Crippen molar-refractivity contribution in [1.29, 1.82) is 0 Å². The molecule has 5 aliphatic rings. The van der Waals surface area contributed by atoms with Crippen LogP contribution in [0.2, 0.25) is 0 Å². The lowest BCUT2D eigenvalue weighted by Crippen LogP contribution is -2.39. The molecule has 0 saturated heterocycles. The lowest BCUT2D eigenvalue weighted by molar-refractivity contribution is 0.0891. The summed E-state index contributed by atoms with van der Waals surface area (Å²) < 4.78 is 10.8. The zero-order valence-corrected chi connectivity index (χ0v) is 77.5. The van der Waals surface area contributed by atoms with E-state index in [0.29, 0.717) is 70.5 Å². The van der Waals surface area contributed by atoms with E-state index in [9.17, 15) is 0 Å². The van der Waals surface area contributed by atoms with Gasteiger partial charge < -0.3 is 9.47 Å². The lowest BCUT2D eigenvalue weighted by atomic mass is 9.71. The number of benzene rings is 1. The Morgan fingerprint density at radius 3 is 0.856 bits per heavy atom. The second-order valence-corrected chi connectivity index (χ2v) is 37.4. The number of nitrogens with zero attached hydrogens (tertiary/aromatic N) is 9. The molecular weight excluding hydrogens is 1360 g/mol. The summed E-state index contributed by atoms with van der Waals surface area (Å²) in [4.78, 5) is 30.4. The fourth-order valence-corrected chi connectivity index (χ4v) is 17.3. The van der Waals surface area contributed by atoms with Gasteiger partial charge in [0.25, 0.3) is 0 Å². The quantitative estimate of drug-likeness (QED) is 0.0741. The molecule has 10 rings (SSSR count). The van der Waals surface area contributed by atoms with Crippen molar-refractivity contribution in [2.45, 2.75) is 371 Å². The molecule has 0 N–H and O–H groups in total. The molecule has 5 aromatic rings. The Kier molecular flexibility index (Phi) is 51.1. The molecule has 2 atom stereocenters. The van der Waals surface area contributed by atoms with Gasteiger partial charge in [-0.3, -0.25) is 44.4 Å². The molecule has 4 heterocycles. The van der Waals surface area contributed by atoms with Crippen LogP contribution in [0.1, 0.15) is 349 Å². The minimum absolute atomic E-state index is 0. The Bertz CT molecular complexity index is 2830. The molecule has 1 aromatic carbocycles. The Morgan fingerprint density at radius 1 is 0.333 bits per heavy atom. The van der Waals surface area contributed by atoms with E-state index in [0.717, 1.165) is 67.1 Å². The molecule has 2 unspecified atom stereocenters. The number of aromatic nitrogens is 4. The van der Waals surface area contributed by atoms with E-state index < -0.39 is 0 Å². The van der Waals surface area contributed by atoms with Crippen molar-refractivity contribution >= 4 is 0 Å². The number of hydrogen-bond acceptors (Lipinski definition) is 11. The van der Waals surface area contributed by atoms with E-state index in [1.54, 1.807) is 7.11 Å². The van der Waals surface area contributed by atoms with Crippen LogP contribution in [0.4, 0.5) is 0 Å². The van der Waals surface area contributed by atoms with Crippen LogP contribution in [0.15, 0.2) is 122 Å². The van der Waals surface area contributed by atoms with Gasteiger partial charge in [-0.05, 0) is 300 Å². The van der Waals surface area contributed by atoms with Crippen LogP contribution >= 0.6 is 0 Å². The fourth-order valence-electron chi connectivity index (χ4n) is 17.3. The van der Waals surface area contributed by atoms with E-state index in [-0.39, 0.29) is 7.43 Å². The fraction of sp³-hybridized carbons (Fsp3) is 0.740. The summed E-state index contributed by atoms with van der Waals surface area (Å²) in [5.74, 6) is 5.38. The van der Waals surface area contributed by atoms with E-state index in [2.05, 4.69) is 264 Å². The molecule has 5 fully saturated rings. The van der Waals surface area contributed by atoms with Crippen LogP contribution in [0.5, 0.6) is 5.75 Å². The molecule has 11 heteroatoms. The van der Waals surface area contributed by atoms with Crippen LogP contribution in [-0.2, 0) is 24.4 Å². The van der Waals surface area contributed by atoms with Crippen LogP contribution in [0.3, 0.4) is 0 Å². The monoisotopic (exact) mass is 1540 g/mol. The maximum atomic E-state index is 5.72. The largest absolute Gasteiger partial charge is 0.491 e. The maximum absolute atomic E-state index is 5.72. The average molecular weight is 1540 g/mol. The van der Waals surface area contributed by atoms with Crippen molar-refractivity contribution in [2.24, 2.45) is 56.7 Å². The van der Waals surface area contributed by atoms with Gasteiger partial charge in [-0.1, -0.05) is 203 Å². The molecule has 0 aliphatic heterocycles. The maximum Gasteiger partial charge on any atom is 0.119 e. The standard InChI is InChI=1S/C21H35NO2.2C18H30N2.2C17H28N2.4C2H6.CH4/c1-21(2,3)18-9-11-19(12-10-18)22(4)16-17-7-6-8-20(15-17)24-14-13-23-5;2*1-14(17-8-6-7-13-19-17)20(5)16-11-9-15(10-12-16)18(2,3)4;2*1-17(2,3)14-8-10-16(11-9-14)19(4)13-15-7-5-6-12-18-15;4*1-2;/h6-8,15,18-19H,9-14,16H2,1-5H3;2*6-8,13-16H,9-12H2,1-5H3;2*5-7,12,14,16H,8-11,13H2,1-4H3;4*1-2H3;1H4. The number of rotatable bonds is 19. The first-order chi connectivity index (χ1) is 52.1. The van der Waals surface area contributed by atoms with Gasteiger partial charge in [0.1, 0.15) is 12.4 Å². The first-order valence-corrected chi connectivity index (χ1v) is 44.5. The van der Waals surface area contributed by atoms with Gasteiger partial charge in [-0.15, -0.1) is 0 Å². The number of pyridine rings is 4. The zero-order valence-electron chi connectivity index (χ0n) is 77.5. The van der Waals surface area contributed by atoms with Gasteiger partial charge in [0, 0.05) is 93.8 Å². The molecule has 0 spiro atoms. The van der Waals surface area contributed by atoms with Gasteiger partial charge in [0.2, 0.25) is 0 Å². The van der Waals surface area contributed by atoms with Crippen molar-refractivity contribution in [3.8, 4) is 5.75 Å². The van der Waals surface area contributed by atoms with Gasteiger partial charge in [-0.2, -0.15) is 0 Å². The molecule has 0 radical (unpaired) electrons. The van der Waals surface area contributed by atoms with Crippen LogP contribution < -0.4 is 4.74 Å². The lowest BCUT2D eigenvalue weighted by Gasteiger charge is -2.41. The van der Waals surface area contributed by atoms with Crippen molar-refractivity contribution in [1.82, 2.24) is 44.4 Å². The molecule has 5 aliphatic carbocycles. The average Bonchev–Trinajstić information content (AvgIpc) is 0.856. The molecule has 0 amide bonds. The summed E-state index contributed by atoms with van der Waals surface area (Å²) in [7, 11) is 13.0. The van der Waals surface area contributed by atoms with E-state index >= 15 is 0 Å². The van der Waals surface area contributed by atoms with Crippen molar-refractivity contribution in [3.63, 3.8) is 0 Å². The zero-order chi connectivity index (χ0) is 82.8. The Morgan fingerprint density at radius 2 is 0.604 bits per heavy atom. The molecule has 636 valence electrons. The third-order valence-electron chi connectivity index (χ3n) is 25.2. The third-order valence-corrected chi connectivity index (χ3v) is 25.2. The van der Waals surface area contributed by atoms with Gasteiger partial charge >= 0.3 is 0 Å². The van der Waals surface area contributed by atoms with Crippen molar-refractivity contribution in [2.75, 3.05) is 55.6 Å². The van der Waals surface area contributed by atoms with Gasteiger partial charge in [0.15, 0.2) is 0 Å². The van der Waals surface area contributed by atoms with Crippen LogP contribution in [-0.4, -0.2) is 130 Å². The van der Waals surface area contributed by atoms with E-state index in [4.69, 9.17) is 9.47 Å². The summed E-state index contributed by atoms with van der Waals surface area (Å²) in [6.45, 7) is 60.5. The van der Waals surface area contributed by atoms with E-state index in [1.165, 1.54) is 157 Å². The minimum Gasteiger partial charge on any atom is -0.491 e. The summed E-state index contributed by atoms with van der Waals surface area (Å²) in [5.41, 5.74) is 8.41. The molecular formula is C100H179N9O2. The number of methoxy groups -OCH3 is 1. The molecule has 11 nitrogen and oxygen atoms in total. The first kappa shape index (κ1) is 104. The highest BCUT2D eigenvalue weighted by atomic mass is 16.5. The molecule has 111 heavy (non-hydrogen) atoms. The summed E-state index contributed by atoms with van der Waals surface area (Å²) in [5, 5.41) is 0. The highest BCUT2D eigenvalue weighted by molar-refractivity contribution is 5.28. The first-order valence-electron chi connectivity index (χ1n) is 44.5. The number of ether oxygens (including phenoxy) is 2. The Labute approximate surface area is 689 Å². The van der Waals surface area contributed by atoms with E-state index in [1.807, 2.05) is 111 Å². The predicted molar refractivity (Wildman–Crippen MR) is 486 cm³/mol. The number of hydrogen-bond donors (Lipinski definition) is 0. The second-order valence-electron chi connectivity index (χ2n) is 37.4. The second kappa shape index (κ2) is 54.3. The molecule has 5 saturated carbocycles. The smallest absolute Gasteiger partial charge is 0.119 e. The SMILES string of the molecule is C.CC.CC.CC.CC.CC(c1ccccn1)N(C)C1CCC(C(C)(C)C)CC1.CC(c1ccccn1)N(C)C1CCC(C(C)(C)C)CC1.CN(Cc1ccccn1)C1CCC(C(C)(C)C)CC1.CN(Cc1ccccn1)C1CCC(C(C)(C)C)CC1.COCCOc1cccc(CN(C)C2CCC(C(C)(C)C)CC2)c1. The third kappa shape index (κ3) is 38.8. The van der Waals surface area contributed by atoms with Gasteiger partial charge in [0.05, 0.1) is 29.4 Å². The predicted octanol–water partition coefficient (Wildman–Crippen LogP) is 27.1. The highest BCUT2D eigenvalue weighted by Gasteiger charge is 2.37. The summed E-state index contributed by atoms with van der Waals surface area (Å²) >= 11 is 0. The minimum atomic E-state index is 0. The summed E-state index contributed by atoms with van der Waals surface area (Å²) in [6, 6.07) is 37.7. The van der Waals surface area contributed by atoms with Crippen molar-refractivity contribution in [3.05, 3.63) is 150 Å². The van der Waals surface area contributed by atoms with Gasteiger partial charge in [-0.25, -0.2) is 0 Å². The molecule has 0 bridgehead atoms. The summed E-state index contributed by atoms with van der Waals surface area (Å²) in [6.07, 6.45) is 34.6. The molecule has 4 aromatic heterocycles. The van der Waals surface area contributed by atoms with Crippen molar-refractivity contribution < 1.29 is 9.47 Å². The van der Waals surface area contributed by atoms with Crippen LogP contribution in [0.25, 0.3) is 0 Å². The normalized spacial score (nSPS) is 22.7. The topological polar surface area (TPSA) is 86.2 Å². The Balaban J connectivity index is 0.000000677. The highest BCUT2D eigenvalue weighted by Crippen LogP contribution is 2.44. The Hall–Kier alpha value is -4.62. The van der Waals surface area contributed by atoms with Crippen LogP contribution in [0, 0.1) is 56.7 Å².